The lowest BCUT2D eigenvalue weighted by Gasteiger charge is -2.07. The van der Waals surface area contributed by atoms with E-state index in [1.807, 2.05) is 0 Å². The van der Waals surface area contributed by atoms with Gasteiger partial charge in [0.05, 0.1) is 6.10 Å². The van der Waals surface area contributed by atoms with Crippen molar-refractivity contribution in [2.45, 2.75) is 84.2 Å². The number of hydrogen-bond acceptors (Lipinski definition) is 1. The maximum atomic E-state index is 5.23. The zero-order valence-corrected chi connectivity index (χ0v) is 12.2. The summed E-state index contributed by atoms with van der Waals surface area (Å²) in [5, 5.41) is 0. The average Bonchev–Trinajstić information content (AvgIpc) is 2.35. The van der Waals surface area contributed by atoms with Crippen molar-refractivity contribution in [2.24, 2.45) is 0 Å². The minimum atomic E-state index is 0.434. The Kier molecular flexibility index (Phi) is 13.5. The van der Waals surface area contributed by atoms with Crippen LogP contribution in [0, 0.1) is 0 Å². The van der Waals surface area contributed by atoms with Crippen LogP contribution in [-0.2, 0) is 4.74 Å². The standard InChI is InChI=1S/C16H32O/c1-4-5-6-7-8-9-10-11-12-13-14-15-16(2)17-3/h9-10,16H,4-8,11-15H2,1-3H3/b10-9-. The maximum Gasteiger partial charge on any atom is 0.0543 e. The highest BCUT2D eigenvalue weighted by molar-refractivity contribution is 4.81. The third kappa shape index (κ3) is 13.6. The summed E-state index contributed by atoms with van der Waals surface area (Å²) in [6.07, 6.45) is 18.4. The molecule has 1 heteroatoms. The molecule has 0 aliphatic carbocycles. The Balaban J connectivity index is 3.09. The van der Waals surface area contributed by atoms with Crippen LogP contribution in [0.3, 0.4) is 0 Å². The van der Waals surface area contributed by atoms with E-state index >= 15 is 0 Å². The number of allylic oxidation sites excluding steroid dienone is 2. The first-order chi connectivity index (χ1) is 8.31. The fourth-order valence-corrected chi connectivity index (χ4v) is 1.91. The van der Waals surface area contributed by atoms with Crippen molar-refractivity contribution in [3.8, 4) is 0 Å². The van der Waals surface area contributed by atoms with Crippen molar-refractivity contribution in [2.75, 3.05) is 7.11 Å². The Morgan fingerprint density at radius 1 is 0.882 bits per heavy atom. The van der Waals surface area contributed by atoms with Crippen LogP contribution in [0.15, 0.2) is 12.2 Å². The predicted octanol–water partition coefficient (Wildman–Crippen LogP) is 5.50. The van der Waals surface area contributed by atoms with Gasteiger partial charge >= 0.3 is 0 Å². The van der Waals surface area contributed by atoms with Gasteiger partial charge in [-0.05, 0) is 39.0 Å². The monoisotopic (exact) mass is 240 g/mol. The van der Waals surface area contributed by atoms with E-state index in [-0.39, 0.29) is 0 Å². The van der Waals surface area contributed by atoms with Crippen molar-refractivity contribution in [3.63, 3.8) is 0 Å². The minimum Gasteiger partial charge on any atom is -0.382 e. The van der Waals surface area contributed by atoms with Gasteiger partial charge < -0.3 is 4.74 Å². The van der Waals surface area contributed by atoms with Crippen LogP contribution in [0.4, 0.5) is 0 Å². The van der Waals surface area contributed by atoms with Crippen LogP contribution in [-0.4, -0.2) is 13.2 Å². The highest BCUT2D eigenvalue weighted by Gasteiger charge is 1.97. The van der Waals surface area contributed by atoms with Crippen LogP contribution < -0.4 is 0 Å². The normalized spacial score (nSPS) is 13.4. The van der Waals surface area contributed by atoms with Crippen LogP contribution >= 0.6 is 0 Å². The first-order valence-corrected chi connectivity index (χ1v) is 7.49. The van der Waals surface area contributed by atoms with Crippen LogP contribution in [0.2, 0.25) is 0 Å². The van der Waals surface area contributed by atoms with E-state index in [0.29, 0.717) is 6.10 Å². The molecular weight excluding hydrogens is 208 g/mol. The van der Waals surface area contributed by atoms with Gasteiger partial charge in [-0.3, -0.25) is 0 Å². The topological polar surface area (TPSA) is 9.23 Å². The smallest absolute Gasteiger partial charge is 0.0543 e. The summed E-state index contributed by atoms with van der Waals surface area (Å²) in [5.41, 5.74) is 0. The molecule has 0 saturated carbocycles. The van der Waals surface area contributed by atoms with Gasteiger partial charge in [-0.1, -0.05) is 51.2 Å². The van der Waals surface area contributed by atoms with Gasteiger partial charge in [0, 0.05) is 7.11 Å². The molecule has 0 aliphatic heterocycles. The van der Waals surface area contributed by atoms with E-state index in [2.05, 4.69) is 26.0 Å². The van der Waals surface area contributed by atoms with Gasteiger partial charge in [-0.25, -0.2) is 0 Å². The second kappa shape index (κ2) is 13.8. The summed E-state index contributed by atoms with van der Waals surface area (Å²) in [6, 6.07) is 0. The highest BCUT2D eigenvalue weighted by Crippen LogP contribution is 2.08. The number of ether oxygens (including phenoxy) is 1. The average molecular weight is 240 g/mol. The molecule has 0 rings (SSSR count). The fourth-order valence-electron chi connectivity index (χ4n) is 1.91. The van der Waals surface area contributed by atoms with Crippen molar-refractivity contribution < 1.29 is 4.74 Å². The third-order valence-corrected chi connectivity index (χ3v) is 3.27. The number of methoxy groups -OCH3 is 1. The molecule has 0 aromatic carbocycles. The molecule has 0 aromatic heterocycles. The molecule has 0 spiro atoms. The lowest BCUT2D eigenvalue weighted by atomic mass is 10.1. The molecule has 0 amide bonds. The summed E-state index contributed by atoms with van der Waals surface area (Å²) in [4.78, 5) is 0. The Morgan fingerprint density at radius 3 is 2.00 bits per heavy atom. The summed E-state index contributed by atoms with van der Waals surface area (Å²) < 4.78 is 5.23. The van der Waals surface area contributed by atoms with Crippen LogP contribution in [0.25, 0.3) is 0 Å². The largest absolute Gasteiger partial charge is 0.382 e. The Hall–Kier alpha value is -0.300. The summed E-state index contributed by atoms with van der Waals surface area (Å²) in [7, 11) is 1.80. The van der Waals surface area contributed by atoms with Gasteiger partial charge in [0.25, 0.3) is 0 Å². The summed E-state index contributed by atoms with van der Waals surface area (Å²) in [6.45, 7) is 4.41. The molecule has 102 valence electrons. The Morgan fingerprint density at radius 2 is 1.47 bits per heavy atom. The second-order valence-electron chi connectivity index (χ2n) is 5.01. The van der Waals surface area contributed by atoms with E-state index in [0.717, 1.165) is 0 Å². The number of rotatable bonds is 12. The Bertz CT molecular complexity index is 163. The molecule has 17 heavy (non-hydrogen) atoms. The Labute approximate surface area is 109 Å². The van der Waals surface area contributed by atoms with Crippen LogP contribution in [0.5, 0.6) is 0 Å². The SMILES string of the molecule is CCCCCC/C=C\CCCCCC(C)OC. The number of hydrogen-bond donors (Lipinski definition) is 0. The maximum absolute atomic E-state index is 5.23. The van der Waals surface area contributed by atoms with Gasteiger partial charge in [-0.15, -0.1) is 0 Å². The van der Waals surface area contributed by atoms with E-state index in [1.54, 1.807) is 7.11 Å². The van der Waals surface area contributed by atoms with E-state index < -0.39 is 0 Å². The van der Waals surface area contributed by atoms with E-state index in [9.17, 15) is 0 Å². The molecule has 0 fully saturated rings. The molecule has 1 nitrogen and oxygen atoms in total. The van der Waals surface area contributed by atoms with Crippen molar-refractivity contribution >= 4 is 0 Å². The molecule has 0 N–H and O–H groups in total. The molecule has 0 radical (unpaired) electrons. The molecule has 1 atom stereocenters. The fraction of sp³-hybridized carbons (Fsp3) is 0.875. The lowest BCUT2D eigenvalue weighted by Crippen LogP contribution is -2.03. The van der Waals surface area contributed by atoms with E-state index in [4.69, 9.17) is 4.74 Å². The lowest BCUT2D eigenvalue weighted by molar-refractivity contribution is 0.108. The van der Waals surface area contributed by atoms with Gasteiger partial charge in [-0.2, -0.15) is 0 Å². The minimum absolute atomic E-state index is 0.434. The number of unbranched alkanes of at least 4 members (excludes halogenated alkanes) is 7. The first kappa shape index (κ1) is 16.7. The highest BCUT2D eigenvalue weighted by atomic mass is 16.5. The van der Waals surface area contributed by atoms with Crippen molar-refractivity contribution in [3.05, 3.63) is 12.2 Å². The first-order valence-electron chi connectivity index (χ1n) is 7.49. The molecule has 0 aliphatic rings. The quantitative estimate of drug-likeness (QED) is 0.323. The second-order valence-corrected chi connectivity index (χ2v) is 5.01. The molecular formula is C16H32O. The predicted molar refractivity (Wildman–Crippen MR) is 77.5 cm³/mol. The van der Waals surface area contributed by atoms with Gasteiger partial charge in [0.15, 0.2) is 0 Å². The molecule has 0 bridgehead atoms. The van der Waals surface area contributed by atoms with Crippen LogP contribution in [0.1, 0.15) is 78.1 Å². The van der Waals surface area contributed by atoms with Gasteiger partial charge in [0.1, 0.15) is 0 Å². The summed E-state index contributed by atoms with van der Waals surface area (Å²) in [5.74, 6) is 0. The zero-order valence-electron chi connectivity index (χ0n) is 12.2. The molecule has 0 saturated heterocycles. The zero-order chi connectivity index (χ0) is 12.8. The van der Waals surface area contributed by atoms with Crippen molar-refractivity contribution in [1.82, 2.24) is 0 Å². The molecule has 1 unspecified atom stereocenters. The summed E-state index contributed by atoms with van der Waals surface area (Å²) >= 11 is 0. The van der Waals surface area contributed by atoms with E-state index in [1.165, 1.54) is 64.2 Å². The molecule has 0 heterocycles. The van der Waals surface area contributed by atoms with Gasteiger partial charge in [0.2, 0.25) is 0 Å². The van der Waals surface area contributed by atoms with Crippen molar-refractivity contribution in [1.29, 1.82) is 0 Å². The third-order valence-electron chi connectivity index (χ3n) is 3.27. The molecule has 0 aromatic rings.